The van der Waals surface area contributed by atoms with E-state index in [2.05, 4.69) is 15.6 Å². The number of anilines is 1. The zero-order chi connectivity index (χ0) is 14.7. The summed E-state index contributed by atoms with van der Waals surface area (Å²) in [5, 5.41) is 8.35. The van der Waals surface area contributed by atoms with Crippen LogP contribution in [0.15, 0.2) is 36.7 Å². The summed E-state index contributed by atoms with van der Waals surface area (Å²) in [4.78, 5) is 16.6. The van der Waals surface area contributed by atoms with Crippen molar-refractivity contribution in [3.05, 3.63) is 36.7 Å². The molecule has 21 heavy (non-hydrogen) atoms. The summed E-state index contributed by atoms with van der Waals surface area (Å²) in [5.74, 6) is -0.148. The van der Waals surface area contributed by atoms with Gasteiger partial charge in [0.2, 0.25) is 5.91 Å². The molecule has 2 heterocycles. The Labute approximate surface area is 123 Å². The van der Waals surface area contributed by atoms with Crippen molar-refractivity contribution < 1.29 is 9.53 Å². The maximum Gasteiger partial charge on any atom is 0.231 e. The van der Waals surface area contributed by atoms with Crippen LogP contribution in [0, 0.1) is 5.92 Å². The molecular weight excluding hydrogens is 266 g/mol. The fourth-order valence-corrected chi connectivity index (χ4v) is 2.73. The number of hydrogen-bond acceptors (Lipinski definition) is 4. The van der Waals surface area contributed by atoms with E-state index in [4.69, 9.17) is 4.74 Å². The standard InChI is InChI=1S/C16H19N3O2/c1-2-18-15-10-21-9-13(15)16(20)19-14-5-3-4-11-8-17-7-6-12(11)14/h3-8,13,15,18H,2,9-10H2,1H3,(H,19,20). The highest BCUT2D eigenvalue weighted by atomic mass is 16.5. The van der Waals surface area contributed by atoms with E-state index in [1.165, 1.54) is 0 Å². The summed E-state index contributed by atoms with van der Waals surface area (Å²) in [6.45, 7) is 3.92. The normalized spacial score (nSPS) is 21.6. The Morgan fingerprint density at radius 2 is 2.29 bits per heavy atom. The number of nitrogens with zero attached hydrogens (tertiary/aromatic N) is 1. The molecule has 0 aliphatic carbocycles. The number of nitrogens with one attached hydrogen (secondary N) is 2. The first-order valence-corrected chi connectivity index (χ1v) is 7.24. The minimum absolute atomic E-state index is 0.00256. The molecule has 5 nitrogen and oxygen atoms in total. The molecule has 2 N–H and O–H groups in total. The molecule has 1 amide bonds. The van der Waals surface area contributed by atoms with Crippen LogP contribution in [-0.4, -0.2) is 36.7 Å². The predicted molar refractivity (Wildman–Crippen MR) is 82.1 cm³/mol. The van der Waals surface area contributed by atoms with E-state index in [1.54, 1.807) is 12.4 Å². The highest BCUT2D eigenvalue weighted by molar-refractivity contribution is 6.02. The van der Waals surface area contributed by atoms with Crippen molar-refractivity contribution in [1.29, 1.82) is 0 Å². The van der Waals surface area contributed by atoms with Crippen LogP contribution in [0.4, 0.5) is 5.69 Å². The molecule has 5 heteroatoms. The summed E-state index contributed by atoms with van der Waals surface area (Å²) in [6.07, 6.45) is 3.53. The Morgan fingerprint density at radius 3 is 3.14 bits per heavy atom. The van der Waals surface area contributed by atoms with Crippen LogP contribution >= 0.6 is 0 Å². The van der Waals surface area contributed by atoms with Crippen molar-refractivity contribution in [3.63, 3.8) is 0 Å². The van der Waals surface area contributed by atoms with Crippen molar-refractivity contribution in [2.45, 2.75) is 13.0 Å². The van der Waals surface area contributed by atoms with E-state index in [1.807, 2.05) is 31.2 Å². The van der Waals surface area contributed by atoms with Crippen molar-refractivity contribution >= 4 is 22.4 Å². The SMILES string of the molecule is CCNC1COCC1C(=O)Nc1cccc2cnccc12. The molecule has 2 atom stereocenters. The molecule has 1 fully saturated rings. The molecular formula is C16H19N3O2. The number of carbonyl (C=O) groups excluding carboxylic acids is 1. The Bertz CT molecular complexity index is 639. The van der Waals surface area contributed by atoms with Gasteiger partial charge in [-0.3, -0.25) is 9.78 Å². The average Bonchev–Trinajstić information content (AvgIpc) is 2.96. The van der Waals surface area contributed by atoms with Gasteiger partial charge in [0, 0.05) is 34.9 Å². The Morgan fingerprint density at radius 1 is 1.38 bits per heavy atom. The maximum atomic E-state index is 12.5. The van der Waals surface area contributed by atoms with Crippen molar-refractivity contribution in [2.75, 3.05) is 25.1 Å². The molecule has 1 aromatic carbocycles. The monoisotopic (exact) mass is 285 g/mol. The summed E-state index contributed by atoms with van der Waals surface area (Å²) in [7, 11) is 0. The second kappa shape index (κ2) is 6.20. The molecule has 1 aromatic heterocycles. The molecule has 2 unspecified atom stereocenters. The van der Waals surface area contributed by atoms with Crippen molar-refractivity contribution in [3.8, 4) is 0 Å². The summed E-state index contributed by atoms with van der Waals surface area (Å²) >= 11 is 0. The fourth-order valence-electron chi connectivity index (χ4n) is 2.73. The molecule has 1 saturated heterocycles. The van der Waals surface area contributed by atoms with Gasteiger partial charge in [0.25, 0.3) is 0 Å². The van der Waals surface area contributed by atoms with Gasteiger partial charge < -0.3 is 15.4 Å². The number of carbonyl (C=O) groups is 1. The summed E-state index contributed by atoms with van der Waals surface area (Å²) in [5.41, 5.74) is 0.821. The average molecular weight is 285 g/mol. The first kappa shape index (κ1) is 14.0. The molecule has 3 rings (SSSR count). The number of fused-ring (bicyclic) bond motifs is 1. The Kier molecular flexibility index (Phi) is 4.13. The second-order valence-electron chi connectivity index (χ2n) is 5.20. The van der Waals surface area contributed by atoms with Crippen molar-refractivity contribution in [2.24, 2.45) is 5.92 Å². The van der Waals surface area contributed by atoms with E-state index in [0.29, 0.717) is 13.2 Å². The van der Waals surface area contributed by atoms with E-state index >= 15 is 0 Å². The van der Waals surface area contributed by atoms with Crippen LogP contribution in [0.25, 0.3) is 10.8 Å². The number of amides is 1. The lowest BCUT2D eigenvalue weighted by atomic mass is 10.0. The smallest absolute Gasteiger partial charge is 0.231 e. The largest absolute Gasteiger partial charge is 0.379 e. The van der Waals surface area contributed by atoms with Gasteiger partial charge in [-0.15, -0.1) is 0 Å². The fraction of sp³-hybridized carbons (Fsp3) is 0.375. The number of hydrogen-bond donors (Lipinski definition) is 2. The lowest BCUT2D eigenvalue weighted by Gasteiger charge is -2.18. The van der Waals surface area contributed by atoms with Crippen LogP contribution in [-0.2, 0) is 9.53 Å². The number of pyridine rings is 1. The molecule has 1 aliphatic rings. The summed E-state index contributed by atoms with van der Waals surface area (Å²) in [6, 6.07) is 7.83. The number of benzene rings is 1. The van der Waals surface area contributed by atoms with E-state index in [-0.39, 0.29) is 17.9 Å². The number of ether oxygens (including phenoxy) is 1. The molecule has 0 spiro atoms. The predicted octanol–water partition coefficient (Wildman–Crippen LogP) is 1.80. The van der Waals surface area contributed by atoms with Gasteiger partial charge in [-0.1, -0.05) is 19.1 Å². The van der Waals surface area contributed by atoms with Gasteiger partial charge in [-0.2, -0.15) is 0 Å². The molecule has 2 aromatic rings. The quantitative estimate of drug-likeness (QED) is 0.899. The van der Waals surface area contributed by atoms with Gasteiger partial charge in [0.1, 0.15) is 0 Å². The lowest BCUT2D eigenvalue weighted by Crippen LogP contribution is -2.41. The van der Waals surface area contributed by atoms with Crippen LogP contribution in [0.1, 0.15) is 6.92 Å². The molecule has 1 aliphatic heterocycles. The minimum atomic E-state index is -0.151. The zero-order valence-electron chi connectivity index (χ0n) is 12.0. The first-order chi connectivity index (χ1) is 10.3. The maximum absolute atomic E-state index is 12.5. The highest BCUT2D eigenvalue weighted by Crippen LogP contribution is 2.24. The molecule has 0 bridgehead atoms. The van der Waals surface area contributed by atoms with Crippen LogP contribution in [0.5, 0.6) is 0 Å². The topological polar surface area (TPSA) is 63.2 Å². The van der Waals surface area contributed by atoms with E-state index < -0.39 is 0 Å². The van der Waals surface area contributed by atoms with E-state index in [0.717, 1.165) is 23.0 Å². The zero-order valence-corrected chi connectivity index (χ0v) is 12.0. The first-order valence-electron chi connectivity index (χ1n) is 7.24. The van der Waals surface area contributed by atoms with Crippen LogP contribution in [0.3, 0.4) is 0 Å². The third-order valence-corrected chi connectivity index (χ3v) is 3.82. The summed E-state index contributed by atoms with van der Waals surface area (Å²) < 4.78 is 5.44. The molecule has 0 saturated carbocycles. The van der Waals surface area contributed by atoms with Gasteiger partial charge in [-0.25, -0.2) is 0 Å². The number of rotatable bonds is 4. The highest BCUT2D eigenvalue weighted by Gasteiger charge is 2.33. The second-order valence-corrected chi connectivity index (χ2v) is 5.20. The van der Waals surface area contributed by atoms with Crippen LogP contribution in [0.2, 0.25) is 0 Å². The third kappa shape index (κ3) is 2.89. The molecule has 0 radical (unpaired) electrons. The van der Waals surface area contributed by atoms with E-state index in [9.17, 15) is 4.79 Å². The molecule has 110 valence electrons. The van der Waals surface area contributed by atoms with Crippen molar-refractivity contribution in [1.82, 2.24) is 10.3 Å². The van der Waals surface area contributed by atoms with Gasteiger partial charge in [0.15, 0.2) is 0 Å². The minimum Gasteiger partial charge on any atom is -0.379 e. The third-order valence-electron chi connectivity index (χ3n) is 3.82. The Balaban J connectivity index is 1.80. The number of likely N-dealkylation sites (N-methyl/N-ethyl adjacent to an activating group) is 1. The van der Waals surface area contributed by atoms with Crippen LogP contribution < -0.4 is 10.6 Å². The van der Waals surface area contributed by atoms with Gasteiger partial charge >= 0.3 is 0 Å². The van der Waals surface area contributed by atoms with Gasteiger partial charge in [0.05, 0.1) is 19.1 Å². The lowest BCUT2D eigenvalue weighted by molar-refractivity contribution is -0.120. The number of aromatic nitrogens is 1. The van der Waals surface area contributed by atoms with Gasteiger partial charge in [-0.05, 0) is 18.7 Å². The Hall–Kier alpha value is -1.98.